The van der Waals surface area contributed by atoms with Crippen molar-refractivity contribution in [3.8, 4) is 0 Å². The Hall–Kier alpha value is -7.33. The third-order valence-corrected chi connectivity index (χ3v) is 21.9. The zero-order chi connectivity index (χ0) is 110. The van der Waals surface area contributed by atoms with Crippen LogP contribution in [0.5, 0.6) is 0 Å². The Morgan fingerprint density at radius 3 is 0.671 bits per heavy atom. The Morgan fingerprint density at radius 1 is 0.289 bits per heavy atom. The van der Waals surface area contributed by atoms with Crippen molar-refractivity contribution in [3.63, 3.8) is 0 Å². The summed E-state index contributed by atoms with van der Waals surface area (Å²) in [6.45, 7) is -27.2. The molecule has 34 N–H and O–H groups in total. The van der Waals surface area contributed by atoms with Crippen LogP contribution in [0.25, 0.3) is 0 Å². The summed E-state index contributed by atoms with van der Waals surface area (Å²) >= 11 is 0. The van der Waals surface area contributed by atoms with E-state index in [4.69, 9.17) is 76.2 Å². The van der Waals surface area contributed by atoms with Crippen LogP contribution in [0, 0.1) is 39.9 Å². The zero-order valence-electron chi connectivity index (χ0n) is 78.7. The van der Waals surface area contributed by atoms with Gasteiger partial charge in [-0.25, -0.2) is 19.2 Å². The molecule has 4 aliphatic heterocycles. The molecule has 70 nitrogen and oxygen atoms in total. The van der Waals surface area contributed by atoms with Crippen LogP contribution < -0.4 is 15.3 Å². The molecule has 0 aromatic carbocycles. The Bertz CT molecular complexity index is 3540. The van der Waals surface area contributed by atoms with Crippen molar-refractivity contribution in [1.29, 1.82) is 0 Å². The monoisotopic (exact) mass is 2330 g/mol. The summed E-state index contributed by atoms with van der Waals surface area (Å²) in [5.74, 6) is -13.1. The van der Waals surface area contributed by atoms with Crippen LogP contribution in [0.1, 0.15) is 0 Å². The Morgan fingerprint density at radius 2 is 0.483 bits per heavy atom. The van der Waals surface area contributed by atoms with E-state index >= 15 is 0 Å². The van der Waals surface area contributed by atoms with E-state index in [-0.39, 0.29) is 45.4 Å². The number of aliphatic carboxylic acids is 3. The van der Waals surface area contributed by atoms with Crippen LogP contribution in [0.4, 0.5) is 0 Å². The van der Waals surface area contributed by atoms with Crippen LogP contribution in [0.15, 0.2) is 20.6 Å². The van der Waals surface area contributed by atoms with E-state index in [1.807, 2.05) is 0 Å². The van der Waals surface area contributed by atoms with Gasteiger partial charge in [-0.3, -0.25) is 24.3 Å². The minimum atomic E-state index is -2.32. The zero-order valence-corrected chi connectivity index (χ0v) is 81.0. The van der Waals surface area contributed by atoms with E-state index < -0.39 is 465 Å². The Labute approximate surface area is 874 Å². The maximum Gasteiger partial charge on any atom is 3.00 e. The molecule has 0 unspecified atom stereocenters. The maximum atomic E-state index is 14.3. The quantitative estimate of drug-likeness (QED) is 0.0116. The Kier molecular flexibility index (Phi) is 66.3. The predicted octanol–water partition coefficient (Wildman–Crippen LogP) is -30.8. The number of ether oxygens (including phenoxy) is 12. The van der Waals surface area contributed by atoms with Gasteiger partial charge in [-0.05, 0) is 0 Å². The molecule has 4 rings (SSSR count). The first-order valence-electron chi connectivity index (χ1n) is 44.5. The predicted molar refractivity (Wildman–Crippen MR) is 458 cm³/mol. The van der Waals surface area contributed by atoms with Gasteiger partial charge in [0.05, 0.1) is 135 Å². The van der Waals surface area contributed by atoms with E-state index in [2.05, 4.69) is 20.6 Å². The van der Waals surface area contributed by atoms with Crippen molar-refractivity contribution < 1.29 is 343 Å². The normalized spacial score (nSPS) is 27.6. The van der Waals surface area contributed by atoms with Crippen molar-refractivity contribution in [2.75, 3.05) is 191 Å². The van der Waals surface area contributed by atoms with E-state index in [9.17, 15) is 222 Å². The summed E-state index contributed by atoms with van der Waals surface area (Å²) in [6.07, 6.45) is -71.8. The van der Waals surface area contributed by atoms with Crippen molar-refractivity contribution in [2.24, 2.45) is 20.6 Å². The van der Waals surface area contributed by atoms with E-state index in [0.29, 0.717) is 24.9 Å². The minimum Gasteiger partial charge on any atom is -0.549 e. The van der Waals surface area contributed by atoms with Gasteiger partial charge >= 0.3 is 63.8 Å². The second-order valence-electron chi connectivity index (χ2n) is 32.7. The summed E-state index contributed by atoms with van der Waals surface area (Å²) in [5.41, 5.74) is 0. The molecule has 0 aliphatic carbocycles. The molecule has 863 valence electrons. The number of hydrogen-bond acceptors (Lipinski definition) is 67. The van der Waals surface area contributed by atoms with Gasteiger partial charge in [0.15, 0.2) is 25.2 Å². The van der Waals surface area contributed by atoms with Crippen molar-refractivity contribution in [1.82, 2.24) is 24.5 Å². The van der Waals surface area contributed by atoms with E-state index in [0.717, 1.165) is 24.5 Å². The Balaban J connectivity index is 0.0000375. The number of carbonyl (C=O) groups is 9. The number of aliphatic hydroxyl groups is 32. The van der Waals surface area contributed by atoms with E-state index in [1.54, 1.807) is 0 Å². The number of oxime groups is 4. The molecule has 0 aromatic rings. The first-order valence-corrected chi connectivity index (χ1v) is 44.5. The number of amides is 2. The molecule has 1 radical (unpaired) electrons. The molecule has 4 aliphatic rings. The van der Waals surface area contributed by atoms with Crippen LogP contribution in [-0.4, -0.2) is 683 Å². The number of hydrogen-bond donors (Lipinski definition) is 32. The third kappa shape index (κ3) is 45.9. The maximum absolute atomic E-state index is 14.3. The van der Waals surface area contributed by atoms with Crippen LogP contribution in [-0.2, 0) is 119 Å². The molecule has 4 fully saturated rings. The van der Waals surface area contributed by atoms with Gasteiger partial charge in [-0.1, -0.05) is 20.6 Å². The summed E-state index contributed by atoms with van der Waals surface area (Å²) in [7, 11) is 0. The number of aliphatic hydroxyl groups excluding tert-OH is 32. The molecule has 149 heavy (non-hydrogen) atoms. The first-order chi connectivity index (χ1) is 69.5. The summed E-state index contributed by atoms with van der Waals surface area (Å²) < 4.78 is 62.4. The molecule has 36 atom stereocenters. The van der Waals surface area contributed by atoms with Gasteiger partial charge in [0.2, 0.25) is 38.2 Å². The van der Waals surface area contributed by atoms with Crippen molar-refractivity contribution >= 4 is 78.5 Å². The molecule has 2 amide bonds. The SMILES string of the molecule is O.O=C([O-])CN(CCN(CC(=O)[O-])CC(=O)N(CCOC(=O)CO/N=C\[C@@H](O)[C@H](O)[C@@H](O[C@@H]1O[C@H](CO)[C@@H](O)[C@H](O)[C@H]1O)[C@@H](O)CO)CCOC(=O)CO/N=C\[C@@H](O)[C@H](O)[C@@H](O[C@H]1O[C@H](CO)[C@@H](O)[C@H](O)[C@H]1O)[C@@H](O)CO)CCN(CC(=O)[O-])CC(=O)N(CCOC(=O)CO/N=C\[C@@H](O)[C@H](O)[C@@H](O[C@H]1O[C@H](CO)[C@@H](O)[C@H](O)[C@H]1O)[C@@H](O)CO)CCOC(=O)CO/N=C\[C@@H](O)[C@H](O)[C@@H](O[C@H]1O[C@H](CO)[C@@H](O)[C@H](O)[C@H]1O)[C@@H](O)CO.[Gd+3]. The molecule has 4 saturated heterocycles. The second-order valence-corrected chi connectivity index (χ2v) is 32.7. The fourth-order valence-corrected chi connectivity index (χ4v) is 13.6. The second kappa shape index (κ2) is 71.7. The number of carbonyl (C=O) groups excluding carboxylic acids is 9. The fraction of sp³-hybridized carbons (Fsp3) is 0.833. The fourth-order valence-electron chi connectivity index (χ4n) is 13.6. The number of carboxylic acid groups (broad SMARTS) is 3. The van der Waals surface area contributed by atoms with Crippen molar-refractivity contribution in [3.05, 3.63) is 0 Å². The molecule has 0 saturated carbocycles. The number of esters is 4. The third-order valence-electron chi connectivity index (χ3n) is 21.9. The number of carboxylic acids is 3. The minimum absolute atomic E-state index is 0. The molecular formula is C78H132GdN9O61. The number of nitrogens with zero attached hydrogens (tertiary/aromatic N) is 9. The van der Waals surface area contributed by atoms with Gasteiger partial charge < -0.3 is 285 Å². The first kappa shape index (κ1) is 138. The average molecular weight is 2330 g/mol. The van der Waals surface area contributed by atoms with Crippen LogP contribution in [0.3, 0.4) is 0 Å². The van der Waals surface area contributed by atoms with Gasteiger partial charge in [0.25, 0.3) is 0 Å². The largest absolute Gasteiger partial charge is 3.00 e. The molecule has 0 aromatic heterocycles. The van der Waals surface area contributed by atoms with Crippen LogP contribution >= 0.6 is 0 Å². The van der Waals surface area contributed by atoms with E-state index in [1.165, 1.54) is 0 Å². The van der Waals surface area contributed by atoms with Crippen LogP contribution in [0.2, 0.25) is 0 Å². The number of rotatable bonds is 72. The molecule has 0 bridgehead atoms. The van der Waals surface area contributed by atoms with Gasteiger partial charge in [0.1, 0.15) is 222 Å². The smallest absolute Gasteiger partial charge is 0.549 e. The summed E-state index contributed by atoms with van der Waals surface area (Å²) in [4.78, 5) is 141. The van der Waals surface area contributed by atoms with Gasteiger partial charge in [-0.15, -0.1) is 0 Å². The van der Waals surface area contributed by atoms with Crippen molar-refractivity contribution in [2.45, 2.75) is 220 Å². The molecule has 0 spiro atoms. The molecular weight excluding hydrogens is 2200 g/mol. The van der Waals surface area contributed by atoms with Gasteiger partial charge in [0, 0.05) is 45.8 Å². The summed E-state index contributed by atoms with van der Waals surface area (Å²) in [6, 6.07) is 0. The summed E-state index contributed by atoms with van der Waals surface area (Å²) in [5, 5.41) is 378. The molecule has 71 heteroatoms. The standard InChI is InChI=1S/C78H133N9O60.Gd.H2O/c88-22-38(100)71(144-75-67(128)63(124)59(120)42(26-92)140-75)55(116)34(96)13-79-136-30-51(112)132-9-5-86(6-10-133-52(113)31-137-80-14-35(97)56(117)72(39(101)23-89)145-76-68(129)64(125)60(121)43(27-93)141-76)46(104)17-84(20-49(108)109)3-1-83(19-48(106)107)2-4-85(21-50(110)111)18-47(105)87(7-11-134-53(114)32-138-81-15-36(98)57(118)73(40(102)24-90)146-77-69(130)65(126)61(122)44(28-94)142-77)8-12-135-54(115)33-139-82-16-37(99)58(119)74(41(103)25-91)147-78-70(131)66(127)62(123)45(29-95)143-78;;/h13-16,34-45,55-78,88-103,116-131H,1-12,17-33H2,(H,106,107)(H,108,109)(H,110,111);;1H2/q;+3;/p-3/b79-13-,80-14-,81-15-,82-16-;;/t34-,35-,36-,37-,38+,39+,40+,41+,42-,43-,44-,45-,55+,56+,57+,58+,59-,60-,61-,62-,63+,64+,65+,66+,67-,68-,69-,70-,71+,72+,73+,74+,75-,76-,77-,78+;;/m1../s1. The topological polar surface area (TPSA) is 1110 Å². The van der Waals surface area contributed by atoms with Gasteiger partial charge in [-0.2, -0.15) is 0 Å². The molecule has 4 heterocycles. The average Bonchev–Trinajstić information content (AvgIpc) is 0.814.